The molecule has 0 bridgehead atoms. The van der Waals surface area contributed by atoms with Crippen LogP contribution in [0.25, 0.3) is 0 Å². The summed E-state index contributed by atoms with van der Waals surface area (Å²) in [5, 5.41) is 0. The smallest absolute Gasteiger partial charge is 0.0351 e. The highest BCUT2D eigenvalue weighted by Crippen LogP contribution is 1.85. The molecule has 4 heteroatoms. The highest BCUT2D eigenvalue weighted by Gasteiger charge is 1.92. The molecule has 58 valence electrons. The lowest BCUT2D eigenvalue weighted by Crippen LogP contribution is -2.22. The molecule has 9 heavy (non-hydrogen) atoms. The van der Waals surface area contributed by atoms with Crippen LogP contribution in [0.5, 0.6) is 0 Å². The van der Waals surface area contributed by atoms with E-state index in [2.05, 4.69) is 4.90 Å². The van der Waals surface area contributed by atoms with E-state index in [4.69, 9.17) is 23.2 Å². The van der Waals surface area contributed by atoms with Crippen molar-refractivity contribution in [2.45, 2.75) is 0 Å². The van der Waals surface area contributed by atoms with Gasteiger partial charge in [-0.25, -0.2) is 0 Å². The molecule has 0 aromatic heterocycles. The van der Waals surface area contributed by atoms with Crippen LogP contribution >= 0.6 is 35.6 Å². The molecule has 0 radical (unpaired) electrons. The van der Waals surface area contributed by atoms with Gasteiger partial charge < -0.3 is 4.90 Å². The van der Waals surface area contributed by atoms with Crippen molar-refractivity contribution in [2.75, 3.05) is 31.9 Å². The average Bonchev–Trinajstić information content (AvgIpc) is 1.68. The van der Waals surface area contributed by atoms with Crippen LogP contribution in [-0.4, -0.2) is 36.8 Å². The SMILES string of the molecule is CN([13CH2][13CH2]Cl)[13CH2][13CH2]Cl.Cl. The number of nitrogens with zero attached hydrogens (tertiary/aromatic N) is 1. The molecule has 0 aliphatic rings. The number of hydrogen-bond donors (Lipinski definition) is 0. The van der Waals surface area contributed by atoms with Crippen LogP contribution in [0.3, 0.4) is 0 Å². The first-order chi connectivity index (χ1) is 3.81. The van der Waals surface area contributed by atoms with Crippen molar-refractivity contribution >= 4 is 35.6 Å². The summed E-state index contributed by atoms with van der Waals surface area (Å²) >= 11 is 10.9. The van der Waals surface area contributed by atoms with Gasteiger partial charge in [0, 0.05) is 24.8 Å². The quantitative estimate of drug-likeness (QED) is 0.490. The topological polar surface area (TPSA) is 3.24 Å². The zero-order valence-corrected chi connectivity index (χ0v) is 7.77. The molecule has 0 unspecified atom stereocenters. The Labute approximate surface area is 72.7 Å². The van der Waals surface area contributed by atoms with Crippen LogP contribution in [0.2, 0.25) is 0 Å². The summed E-state index contributed by atoms with van der Waals surface area (Å²) in [6.07, 6.45) is 0. The van der Waals surface area contributed by atoms with Crippen molar-refractivity contribution in [1.82, 2.24) is 4.90 Å². The molecular weight excluding hydrogens is 184 g/mol. The van der Waals surface area contributed by atoms with E-state index in [0.29, 0.717) is 11.8 Å². The van der Waals surface area contributed by atoms with Crippen LogP contribution in [0.15, 0.2) is 0 Å². The second-order valence-electron chi connectivity index (χ2n) is 1.68. The molecule has 0 aliphatic heterocycles. The Bertz CT molecular complexity index is 45.5. The maximum absolute atomic E-state index is 5.45. The van der Waals surface area contributed by atoms with Crippen molar-refractivity contribution in [1.29, 1.82) is 0 Å². The Morgan fingerprint density at radius 2 is 1.44 bits per heavy atom. The lowest BCUT2D eigenvalue weighted by molar-refractivity contribution is 0.378. The van der Waals surface area contributed by atoms with Crippen molar-refractivity contribution in [3.05, 3.63) is 0 Å². The molecule has 0 fully saturated rings. The van der Waals surface area contributed by atoms with E-state index in [9.17, 15) is 0 Å². The van der Waals surface area contributed by atoms with Crippen molar-refractivity contribution < 1.29 is 0 Å². The summed E-state index contributed by atoms with van der Waals surface area (Å²) < 4.78 is 0. The van der Waals surface area contributed by atoms with Gasteiger partial charge in [-0.2, -0.15) is 0 Å². The van der Waals surface area contributed by atoms with E-state index in [0.717, 1.165) is 13.1 Å². The van der Waals surface area contributed by atoms with Crippen LogP contribution < -0.4 is 0 Å². The number of alkyl halides is 2. The number of rotatable bonds is 4. The number of halogens is 3. The summed E-state index contributed by atoms with van der Waals surface area (Å²) in [6.45, 7) is 1.85. The predicted octanol–water partition coefficient (Wildman–Crippen LogP) is 1.82. The maximum atomic E-state index is 5.45. The monoisotopic (exact) mass is 195 g/mol. The fraction of sp³-hybridized carbons (Fsp3) is 1.00. The van der Waals surface area contributed by atoms with Crippen molar-refractivity contribution in [2.24, 2.45) is 0 Å². The maximum Gasteiger partial charge on any atom is 0.0351 e. The molecule has 0 aromatic carbocycles. The van der Waals surface area contributed by atoms with Gasteiger partial charge in [0.15, 0.2) is 0 Å². The lowest BCUT2D eigenvalue weighted by atomic mass is 11.2. The van der Waals surface area contributed by atoms with Crippen molar-refractivity contribution in [3.8, 4) is 0 Å². The molecule has 0 saturated heterocycles. The summed E-state index contributed by atoms with van der Waals surface area (Å²) in [5.41, 5.74) is 0. The van der Waals surface area contributed by atoms with E-state index in [1.165, 1.54) is 0 Å². The molecule has 0 rings (SSSR count). The van der Waals surface area contributed by atoms with Gasteiger partial charge in [0.05, 0.1) is 0 Å². The zero-order chi connectivity index (χ0) is 6.41. The second-order valence-corrected chi connectivity index (χ2v) is 2.44. The largest absolute Gasteiger partial charge is 0.304 e. The fourth-order valence-electron chi connectivity index (χ4n) is 0.400. The third kappa shape index (κ3) is 8.83. The van der Waals surface area contributed by atoms with Crippen LogP contribution in [0.1, 0.15) is 0 Å². The minimum absolute atomic E-state index is 0. The molecule has 0 amide bonds. The lowest BCUT2D eigenvalue weighted by Gasteiger charge is -2.11. The van der Waals surface area contributed by atoms with Crippen LogP contribution in [0, 0.1) is 0 Å². The molecular formula is C5H12Cl3N. The summed E-state index contributed by atoms with van der Waals surface area (Å²) in [5.74, 6) is 1.38. The molecule has 0 atom stereocenters. The van der Waals surface area contributed by atoms with Gasteiger partial charge in [-0.3, -0.25) is 0 Å². The molecule has 0 spiro atoms. The average molecular weight is 196 g/mol. The van der Waals surface area contributed by atoms with Crippen LogP contribution in [-0.2, 0) is 0 Å². The highest BCUT2D eigenvalue weighted by atomic mass is 35.5. The highest BCUT2D eigenvalue weighted by molar-refractivity contribution is 6.18. The normalized spacial score (nSPS) is 9.33. The first kappa shape index (κ1) is 12.5. The third-order valence-corrected chi connectivity index (χ3v) is 1.27. The summed E-state index contributed by atoms with van der Waals surface area (Å²) in [4.78, 5) is 2.10. The summed E-state index contributed by atoms with van der Waals surface area (Å²) in [7, 11) is 2.00. The van der Waals surface area contributed by atoms with Gasteiger partial charge in [-0.15, -0.1) is 35.6 Å². The van der Waals surface area contributed by atoms with E-state index in [1.54, 1.807) is 0 Å². The van der Waals surface area contributed by atoms with E-state index >= 15 is 0 Å². The first-order valence-corrected chi connectivity index (χ1v) is 3.68. The van der Waals surface area contributed by atoms with Gasteiger partial charge >= 0.3 is 0 Å². The first-order valence-electron chi connectivity index (χ1n) is 2.61. The molecule has 0 heterocycles. The Hall–Kier alpha value is 0.830. The fourth-order valence-corrected chi connectivity index (χ4v) is 0.977. The van der Waals surface area contributed by atoms with Crippen molar-refractivity contribution in [3.63, 3.8) is 0 Å². The minimum atomic E-state index is 0. The van der Waals surface area contributed by atoms with E-state index < -0.39 is 0 Å². The van der Waals surface area contributed by atoms with Gasteiger partial charge in [-0.05, 0) is 7.05 Å². The minimum Gasteiger partial charge on any atom is -0.304 e. The Morgan fingerprint density at radius 1 is 1.11 bits per heavy atom. The van der Waals surface area contributed by atoms with Gasteiger partial charge in [0.2, 0.25) is 0 Å². The van der Waals surface area contributed by atoms with Crippen LogP contribution in [0.4, 0.5) is 0 Å². The molecule has 0 aliphatic carbocycles. The second kappa shape index (κ2) is 8.83. The Kier molecular flexibility index (Phi) is 12.3. The van der Waals surface area contributed by atoms with E-state index in [-0.39, 0.29) is 12.4 Å². The predicted molar refractivity (Wildman–Crippen MR) is 46.2 cm³/mol. The summed E-state index contributed by atoms with van der Waals surface area (Å²) in [6, 6.07) is 0. The number of hydrogen-bond acceptors (Lipinski definition) is 1. The van der Waals surface area contributed by atoms with Gasteiger partial charge in [-0.1, -0.05) is 0 Å². The third-order valence-electron chi connectivity index (χ3n) is 0.932. The molecule has 0 aromatic rings. The van der Waals surface area contributed by atoms with E-state index in [1.807, 2.05) is 7.05 Å². The molecule has 0 N–H and O–H groups in total. The van der Waals surface area contributed by atoms with Gasteiger partial charge in [0.1, 0.15) is 0 Å². The zero-order valence-electron chi connectivity index (χ0n) is 5.44. The standard InChI is InChI=1S/C5H11Cl2N.ClH/c1-8(4-2-6)5-3-7;/h2-5H2,1H3;1H/i2+1,3+1,4+1,5+1;. The Morgan fingerprint density at radius 3 is 1.67 bits per heavy atom. The van der Waals surface area contributed by atoms with Gasteiger partial charge in [0.25, 0.3) is 0 Å². The Balaban J connectivity index is 0. The molecule has 1 nitrogen and oxygen atoms in total. The molecule has 0 saturated carbocycles.